The van der Waals surface area contributed by atoms with Crippen LogP contribution in [0.3, 0.4) is 0 Å². The third kappa shape index (κ3) is 3.40. The molecule has 0 bridgehead atoms. The first kappa shape index (κ1) is 19.9. The number of methoxy groups -OCH3 is 1. The van der Waals surface area contributed by atoms with Crippen LogP contribution in [0.25, 0.3) is 17.2 Å². The molecule has 0 heterocycles. The number of benzene rings is 2. The number of hydrogen-bond donors (Lipinski definition) is 0. The lowest BCUT2D eigenvalue weighted by Gasteiger charge is -2.24. The molecule has 2 aromatic carbocycles. The zero-order valence-electron chi connectivity index (χ0n) is 18.1. The molecule has 143 valence electrons. The molecule has 2 aromatic rings. The van der Waals surface area contributed by atoms with E-state index < -0.39 is 8.80 Å². The summed E-state index contributed by atoms with van der Waals surface area (Å²) in [5.74, 6) is 1.89. The summed E-state index contributed by atoms with van der Waals surface area (Å²) in [6, 6.07) is 11.3. The number of hydrogen-bond acceptors (Lipinski definition) is 1. The second kappa shape index (κ2) is 7.67. The van der Waals surface area contributed by atoms with Crippen LogP contribution in [-0.2, 0) is 0 Å². The summed E-state index contributed by atoms with van der Waals surface area (Å²) in [4.78, 5) is 0. The summed E-state index contributed by atoms with van der Waals surface area (Å²) < 4.78 is 5.74. The largest absolute Gasteiger partial charge is 0.496 e. The van der Waals surface area contributed by atoms with Crippen molar-refractivity contribution in [2.75, 3.05) is 7.11 Å². The molecular weight excluding hydrogens is 344 g/mol. The van der Waals surface area contributed by atoms with Crippen molar-refractivity contribution < 1.29 is 4.74 Å². The summed E-state index contributed by atoms with van der Waals surface area (Å²) in [5.41, 5.74) is 10.7. The van der Waals surface area contributed by atoms with Gasteiger partial charge in [0, 0.05) is 5.56 Å². The van der Waals surface area contributed by atoms with Gasteiger partial charge in [-0.15, -0.1) is 0 Å². The third-order valence-corrected chi connectivity index (χ3v) is 7.69. The molecular formula is C25H33OSi. The number of ether oxygens (including phenoxy) is 1. The maximum absolute atomic E-state index is 5.74. The van der Waals surface area contributed by atoms with Crippen molar-refractivity contribution in [3.05, 3.63) is 58.2 Å². The van der Waals surface area contributed by atoms with Crippen molar-refractivity contribution in [3.8, 4) is 16.9 Å². The summed E-state index contributed by atoms with van der Waals surface area (Å²) in [6.45, 7) is 16.3. The fourth-order valence-electron chi connectivity index (χ4n) is 4.80. The van der Waals surface area contributed by atoms with E-state index in [9.17, 15) is 0 Å². The number of rotatable bonds is 5. The van der Waals surface area contributed by atoms with E-state index in [1.165, 1.54) is 39.0 Å². The van der Waals surface area contributed by atoms with E-state index in [0.717, 1.165) is 5.75 Å². The van der Waals surface area contributed by atoms with Gasteiger partial charge in [-0.2, -0.15) is 0 Å². The molecule has 0 amide bonds. The van der Waals surface area contributed by atoms with E-state index in [1.54, 1.807) is 7.11 Å². The predicted molar refractivity (Wildman–Crippen MR) is 120 cm³/mol. The molecule has 0 spiro atoms. The van der Waals surface area contributed by atoms with Gasteiger partial charge in [0.25, 0.3) is 0 Å². The van der Waals surface area contributed by atoms with Crippen molar-refractivity contribution in [3.63, 3.8) is 0 Å². The van der Waals surface area contributed by atoms with Gasteiger partial charge in [-0.25, -0.2) is 0 Å². The Morgan fingerprint density at radius 3 is 2.11 bits per heavy atom. The lowest BCUT2D eigenvalue weighted by molar-refractivity contribution is 0.406. The normalized spacial score (nSPS) is 16.3. The van der Waals surface area contributed by atoms with Gasteiger partial charge in [0.05, 0.1) is 15.9 Å². The molecule has 27 heavy (non-hydrogen) atoms. The molecule has 0 saturated heterocycles. The summed E-state index contributed by atoms with van der Waals surface area (Å²) in [7, 11) is 1.37. The van der Waals surface area contributed by atoms with E-state index in [0.29, 0.717) is 17.4 Å². The van der Waals surface area contributed by atoms with Crippen molar-refractivity contribution in [1.82, 2.24) is 0 Å². The maximum atomic E-state index is 5.74. The Bertz CT molecular complexity index is 874. The summed E-state index contributed by atoms with van der Waals surface area (Å²) >= 11 is 0. The molecule has 0 fully saturated rings. The fourth-order valence-corrected chi connectivity index (χ4v) is 6.67. The zero-order valence-corrected chi connectivity index (χ0v) is 19.1. The van der Waals surface area contributed by atoms with E-state index in [1.807, 2.05) is 0 Å². The molecule has 0 saturated carbocycles. The first-order valence-electron chi connectivity index (χ1n) is 10.1. The molecule has 1 nitrogen and oxygen atoms in total. The minimum absolute atomic E-state index is 0.417. The molecule has 1 aliphatic rings. The van der Waals surface area contributed by atoms with Gasteiger partial charge in [0.2, 0.25) is 0 Å². The van der Waals surface area contributed by atoms with Crippen LogP contribution in [0.15, 0.2) is 35.9 Å². The van der Waals surface area contributed by atoms with Crippen LogP contribution < -0.4 is 4.74 Å². The topological polar surface area (TPSA) is 9.23 Å². The molecule has 0 aromatic heterocycles. The summed E-state index contributed by atoms with van der Waals surface area (Å²) in [6.07, 6.45) is 2.44. The van der Waals surface area contributed by atoms with Crippen LogP contribution in [0.5, 0.6) is 5.75 Å². The van der Waals surface area contributed by atoms with Crippen molar-refractivity contribution in [1.29, 1.82) is 0 Å². The highest BCUT2D eigenvalue weighted by Gasteiger charge is 2.29. The zero-order chi connectivity index (χ0) is 19.9. The lowest BCUT2D eigenvalue weighted by atomic mass is 9.82. The Labute approximate surface area is 167 Å². The predicted octanol–water partition coefficient (Wildman–Crippen LogP) is 7.40. The van der Waals surface area contributed by atoms with Crippen LogP contribution in [-0.4, -0.2) is 15.9 Å². The van der Waals surface area contributed by atoms with Gasteiger partial charge in [0.15, 0.2) is 0 Å². The van der Waals surface area contributed by atoms with Crippen LogP contribution in [0.1, 0.15) is 74.2 Å². The van der Waals surface area contributed by atoms with Crippen molar-refractivity contribution in [2.45, 2.75) is 65.1 Å². The maximum Gasteiger partial charge on any atom is 0.122 e. The molecule has 1 atom stereocenters. The minimum atomic E-state index is -0.417. The smallest absolute Gasteiger partial charge is 0.122 e. The Kier molecular flexibility index (Phi) is 5.67. The lowest BCUT2D eigenvalue weighted by Crippen LogP contribution is -2.15. The first-order chi connectivity index (χ1) is 12.8. The van der Waals surface area contributed by atoms with E-state index in [-0.39, 0.29) is 0 Å². The van der Waals surface area contributed by atoms with Gasteiger partial charge >= 0.3 is 0 Å². The number of fused-ring (bicyclic) bond motifs is 1. The minimum Gasteiger partial charge on any atom is -0.496 e. The first-order valence-corrected chi connectivity index (χ1v) is 12.7. The molecule has 1 aliphatic carbocycles. The fraction of sp³-hybridized carbons (Fsp3) is 0.440. The van der Waals surface area contributed by atoms with Crippen molar-refractivity contribution >= 4 is 14.9 Å². The highest BCUT2D eigenvalue weighted by molar-refractivity contribution is 6.58. The number of allylic oxidation sites excluding steroid dienone is 1. The molecule has 0 N–H and O–H groups in total. The second-order valence-electron chi connectivity index (χ2n) is 8.66. The second-order valence-corrected chi connectivity index (χ2v) is 11.4. The molecule has 1 unspecified atom stereocenters. The standard InChI is InChI=1S/C25H33OSi/c1-15(2)23-19(12-13-22(26-6)24(23)16(3)4)18-10-9-11-20-21(18)14-17(5)25(20)27(7)8/h9-16,25H,1-8H3. The molecule has 3 rings (SSSR count). The quantitative estimate of drug-likeness (QED) is 0.493. The van der Waals surface area contributed by atoms with E-state index in [2.05, 4.69) is 84.1 Å². The Morgan fingerprint density at radius 1 is 0.889 bits per heavy atom. The third-order valence-electron chi connectivity index (χ3n) is 5.77. The van der Waals surface area contributed by atoms with Crippen LogP contribution in [0.2, 0.25) is 13.1 Å². The van der Waals surface area contributed by atoms with Crippen molar-refractivity contribution in [2.24, 2.45) is 0 Å². The Hall–Kier alpha value is -1.80. The SMILES string of the molecule is COc1ccc(-c2cccc3c2C=C(C)C3[Si](C)C)c(C(C)C)c1C(C)C. The van der Waals surface area contributed by atoms with E-state index in [4.69, 9.17) is 4.74 Å². The molecule has 1 radical (unpaired) electrons. The van der Waals surface area contributed by atoms with Crippen LogP contribution in [0, 0.1) is 0 Å². The van der Waals surface area contributed by atoms with Gasteiger partial charge in [0.1, 0.15) is 5.75 Å². The highest BCUT2D eigenvalue weighted by Crippen LogP contribution is 2.46. The van der Waals surface area contributed by atoms with Crippen LogP contribution >= 0.6 is 0 Å². The van der Waals surface area contributed by atoms with Gasteiger partial charge in [-0.3, -0.25) is 0 Å². The highest BCUT2D eigenvalue weighted by atomic mass is 28.3. The van der Waals surface area contributed by atoms with Gasteiger partial charge in [-0.05, 0) is 58.2 Å². The average Bonchev–Trinajstić information content (AvgIpc) is 2.96. The van der Waals surface area contributed by atoms with Gasteiger partial charge < -0.3 is 4.74 Å². The molecule has 0 aliphatic heterocycles. The Morgan fingerprint density at radius 2 is 1.56 bits per heavy atom. The Balaban J connectivity index is 2.30. The van der Waals surface area contributed by atoms with Gasteiger partial charge in [-0.1, -0.05) is 76.7 Å². The van der Waals surface area contributed by atoms with E-state index >= 15 is 0 Å². The summed E-state index contributed by atoms with van der Waals surface area (Å²) in [5, 5.41) is 0. The molecule has 2 heteroatoms. The van der Waals surface area contributed by atoms with Crippen LogP contribution in [0.4, 0.5) is 0 Å². The average molecular weight is 378 g/mol. The monoisotopic (exact) mass is 377 g/mol.